The first-order valence-corrected chi connectivity index (χ1v) is 9.92. The summed E-state index contributed by atoms with van der Waals surface area (Å²) < 4.78 is 32.3. The van der Waals surface area contributed by atoms with Crippen LogP contribution < -0.4 is 10.0 Å². The zero-order valence-corrected chi connectivity index (χ0v) is 16.2. The monoisotopic (exact) mass is 390 g/mol. The van der Waals surface area contributed by atoms with E-state index in [2.05, 4.69) is 10.0 Å². The van der Waals surface area contributed by atoms with Crippen molar-refractivity contribution in [1.82, 2.24) is 5.32 Å². The Morgan fingerprint density at radius 1 is 0.963 bits per heavy atom. The molecule has 8 heteroatoms. The Balaban J connectivity index is 2.12. The van der Waals surface area contributed by atoms with Crippen molar-refractivity contribution >= 4 is 27.6 Å². The van der Waals surface area contributed by atoms with E-state index in [9.17, 15) is 18.0 Å². The molecule has 0 atom stereocenters. The van der Waals surface area contributed by atoms with E-state index in [0.29, 0.717) is 16.8 Å². The van der Waals surface area contributed by atoms with Crippen LogP contribution in [0, 0.1) is 0 Å². The number of esters is 1. The summed E-state index contributed by atoms with van der Waals surface area (Å²) in [6.45, 7) is 5.65. The van der Waals surface area contributed by atoms with Crippen LogP contribution in [0.15, 0.2) is 53.4 Å². The van der Waals surface area contributed by atoms with Gasteiger partial charge in [-0.1, -0.05) is 0 Å². The number of carbonyl (C=O) groups is 2. The minimum absolute atomic E-state index is 0.0137. The van der Waals surface area contributed by atoms with Crippen LogP contribution in [-0.2, 0) is 14.8 Å². The molecule has 0 aromatic heterocycles. The third kappa shape index (κ3) is 5.55. The summed E-state index contributed by atoms with van der Waals surface area (Å²) in [6.07, 6.45) is 0. The summed E-state index contributed by atoms with van der Waals surface area (Å²) in [5.41, 5.74) is 1.02. The molecule has 7 nitrogen and oxygen atoms in total. The van der Waals surface area contributed by atoms with Crippen LogP contribution in [0.2, 0.25) is 0 Å². The summed E-state index contributed by atoms with van der Waals surface area (Å²) in [6, 6.07) is 11.6. The highest BCUT2D eigenvalue weighted by atomic mass is 32.2. The number of nitrogens with one attached hydrogen (secondary N) is 2. The molecule has 2 aromatic rings. The Kier molecular flexibility index (Phi) is 6.57. The molecule has 0 aliphatic rings. The SMILES string of the molecule is CCOC(=O)c1ccc(NS(=O)(=O)c2ccc(C(=O)NC(C)C)cc2)cc1. The number of carbonyl (C=O) groups excluding carboxylic acids is 2. The van der Waals surface area contributed by atoms with Gasteiger partial charge in [-0.2, -0.15) is 0 Å². The van der Waals surface area contributed by atoms with Crippen LogP contribution in [0.1, 0.15) is 41.5 Å². The number of hydrogen-bond acceptors (Lipinski definition) is 5. The first-order chi connectivity index (χ1) is 12.7. The second-order valence-corrected chi connectivity index (χ2v) is 7.74. The smallest absolute Gasteiger partial charge is 0.338 e. The Morgan fingerprint density at radius 2 is 1.52 bits per heavy atom. The number of sulfonamides is 1. The van der Waals surface area contributed by atoms with Gasteiger partial charge in [0.25, 0.3) is 15.9 Å². The van der Waals surface area contributed by atoms with E-state index in [-0.39, 0.29) is 23.5 Å². The fourth-order valence-corrected chi connectivity index (χ4v) is 3.29. The number of rotatable bonds is 7. The van der Waals surface area contributed by atoms with Crippen LogP contribution in [0.3, 0.4) is 0 Å². The van der Waals surface area contributed by atoms with Gasteiger partial charge in [0.05, 0.1) is 17.1 Å². The van der Waals surface area contributed by atoms with Crippen LogP contribution in [0.4, 0.5) is 5.69 Å². The summed E-state index contributed by atoms with van der Waals surface area (Å²) in [7, 11) is -3.82. The molecule has 0 radical (unpaired) electrons. The molecule has 0 aliphatic heterocycles. The Morgan fingerprint density at radius 3 is 2.04 bits per heavy atom. The van der Waals surface area contributed by atoms with Crippen molar-refractivity contribution in [3.05, 3.63) is 59.7 Å². The second kappa shape index (κ2) is 8.68. The summed E-state index contributed by atoms with van der Waals surface area (Å²) in [5.74, 6) is -0.737. The summed E-state index contributed by atoms with van der Waals surface area (Å²) in [4.78, 5) is 23.6. The maximum atomic E-state index is 12.5. The van der Waals surface area contributed by atoms with Gasteiger partial charge in [-0.15, -0.1) is 0 Å². The molecule has 0 bridgehead atoms. The number of amides is 1. The molecule has 2 rings (SSSR count). The van der Waals surface area contributed by atoms with Gasteiger partial charge in [0.1, 0.15) is 0 Å². The Labute approximate surface area is 158 Å². The lowest BCUT2D eigenvalue weighted by Crippen LogP contribution is -2.30. The largest absolute Gasteiger partial charge is 0.462 e. The maximum absolute atomic E-state index is 12.5. The van der Waals surface area contributed by atoms with E-state index in [0.717, 1.165) is 0 Å². The van der Waals surface area contributed by atoms with E-state index in [1.807, 2.05) is 13.8 Å². The van der Waals surface area contributed by atoms with Gasteiger partial charge in [-0.05, 0) is 69.3 Å². The molecule has 0 aliphatic carbocycles. The minimum Gasteiger partial charge on any atom is -0.462 e. The van der Waals surface area contributed by atoms with Crippen molar-refractivity contribution < 1.29 is 22.7 Å². The molecule has 2 N–H and O–H groups in total. The van der Waals surface area contributed by atoms with Gasteiger partial charge in [-0.25, -0.2) is 13.2 Å². The first-order valence-electron chi connectivity index (χ1n) is 8.44. The van der Waals surface area contributed by atoms with E-state index in [4.69, 9.17) is 4.74 Å². The van der Waals surface area contributed by atoms with Crippen molar-refractivity contribution in [2.75, 3.05) is 11.3 Å². The predicted molar refractivity (Wildman–Crippen MR) is 102 cm³/mol. The highest BCUT2D eigenvalue weighted by Gasteiger charge is 2.16. The lowest BCUT2D eigenvalue weighted by Gasteiger charge is -2.11. The lowest BCUT2D eigenvalue weighted by molar-refractivity contribution is 0.0526. The molecule has 144 valence electrons. The van der Waals surface area contributed by atoms with Crippen LogP contribution in [0.25, 0.3) is 0 Å². The highest BCUT2D eigenvalue weighted by Crippen LogP contribution is 2.18. The van der Waals surface area contributed by atoms with Crippen molar-refractivity contribution in [2.24, 2.45) is 0 Å². The molecule has 0 spiro atoms. The molecular weight excluding hydrogens is 368 g/mol. The average Bonchev–Trinajstić information content (AvgIpc) is 2.62. The predicted octanol–water partition coefficient (Wildman–Crippen LogP) is 2.80. The third-order valence-corrected chi connectivity index (χ3v) is 4.89. The van der Waals surface area contributed by atoms with Gasteiger partial charge < -0.3 is 10.1 Å². The Hall–Kier alpha value is -2.87. The second-order valence-electron chi connectivity index (χ2n) is 6.06. The van der Waals surface area contributed by atoms with Crippen molar-refractivity contribution in [3.63, 3.8) is 0 Å². The van der Waals surface area contributed by atoms with Gasteiger partial charge in [0, 0.05) is 17.3 Å². The highest BCUT2D eigenvalue weighted by molar-refractivity contribution is 7.92. The average molecular weight is 390 g/mol. The third-order valence-electron chi connectivity index (χ3n) is 3.49. The number of benzene rings is 2. The van der Waals surface area contributed by atoms with Crippen LogP contribution in [-0.4, -0.2) is 32.9 Å². The topological polar surface area (TPSA) is 102 Å². The molecule has 0 heterocycles. The number of ether oxygens (including phenoxy) is 1. The fraction of sp³-hybridized carbons (Fsp3) is 0.263. The van der Waals surface area contributed by atoms with E-state index >= 15 is 0 Å². The van der Waals surface area contributed by atoms with E-state index in [1.54, 1.807) is 6.92 Å². The Bertz CT molecular complexity index is 904. The van der Waals surface area contributed by atoms with Gasteiger partial charge >= 0.3 is 5.97 Å². The minimum atomic E-state index is -3.82. The standard InChI is InChI=1S/C19H22N2O5S/c1-4-26-19(23)15-5-9-16(10-6-15)21-27(24,25)17-11-7-14(8-12-17)18(22)20-13(2)3/h5-13,21H,4H2,1-3H3,(H,20,22). The lowest BCUT2D eigenvalue weighted by atomic mass is 10.2. The molecule has 1 amide bonds. The van der Waals surface area contributed by atoms with Gasteiger partial charge in [0.15, 0.2) is 0 Å². The molecule has 0 unspecified atom stereocenters. The van der Waals surface area contributed by atoms with Crippen molar-refractivity contribution in [3.8, 4) is 0 Å². The quantitative estimate of drug-likeness (QED) is 0.708. The van der Waals surface area contributed by atoms with Gasteiger partial charge in [-0.3, -0.25) is 9.52 Å². The maximum Gasteiger partial charge on any atom is 0.338 e. The van der Waals surface area contributed by atoms with E-state index in [1.165, 1.54) is 48.5 Å². The molecule has 2 aromatic carbocycles. The molecule has 0 fully saturated rings. The summed E-state index contributed by atoms with van der Waals surface area (Å²) >= 11 is 0. The number of anilines is 1. The summed E-state index contributed by atoms with van der Waals surface area (Å²) in [5, 5.41) is 2.74. The van der Waals surface area contributed by atoms with Crippen molar-refractivity contribution in [1.29, 1.82) is 0 Å². The number of hydrogen-bond donors (Lipinski definition) is 2. The van der Waals surface area contributed by atoms with E-state index < -0.39 is 16.0 Å². The molecule has 0 saturated carbocycles. The van der Waals surface area contributed by atoms with Crippen LogP contribution in [0.5, 0.6) is 0 Å². The first kappa shape index (κ1) is 20.4. The molecule has 27 heavy (non-hydrogen) atoms. The fourth-order valence-electron chi connectivity index (χ4n) is 2.23. The molecule has 0 saturated heterocycles. The van der Waals surface area contributed by atoms with Crippen LogP contribution >= 0.6 is 0 Å². The zero-order chi connectivity index (χ0) is 20.0. The molecular formula is C19H22N2O5S. The normalized spacial score (nSPS) is 11.1. The van der Waals surface area contributed by atoms with Gasteiger partial charge in [0.2, 0.25) is 0 Å². The van der Waals surface area contributed by atoms with Crippen molar-refractivity contribution in [2.45, 2.75) is 31.7 Å². The zero-order valence-electron chi connectivity index (χ0n) is 15.4.